The molecule has 1 unspecified atom stereocenters. The van der Waals surface area contributed by atoms with Crippen molar-refractivity contribution in [3.8, 4) is 0 Å². The monoisotopic (exact) mass is 284 g/mol. The average Bonchev–Trinajstić information content (AvgIpc) is 3.11. The van der Waals surface area contributed by atoms with Gasteiger partial charge in [-0.25, -0.2) is 0 Å². The molecule has 6 heteroatoms. The Bertz CT molecular complexity index is 391. The smallest absolute Gasteiger partial charge is 0.310 e. The largest absolute Gasteiger partial charge is 0.481 e. The highest BCUT2D eigenvalue weighted by Gasteiger charge is 2.38. The van der Waals surface area contributed by atoms with Crippen LogP contribution in [0.3, 0.4) is 0 Å². The summed E-state index contributed by atoms with van der Waals surface area (Å²) in [6.45, 7) is 5.37. The summed E-state index contributed by atoms with van der Waals surface area (Å²) in [6, 6.07) is 0.314. The summed E-state index contributed by atoms with van der Waals surface area (Å²) in [5, 5.41) is 14.7. The summed E-state index contributed by atoms with van der Waals surface area (Å²) in [7, 11) is 0. The van der Waals surface area contributed by atoms with Crippen molar-refractivity contribution in [1.82, 2.24) is 10.6 Å². The molecule has 1 rings (SSSR count). The predicted octanol–water partition coefficient (Wildman–Crippen LogP) is 0.908. The number of carbonyl (C=O) groups is 3. The Hall–Kier alpha value is -1.59. The summed E-state index contributed by atoms with van der Waals surface area (Å²) in [4.78, 5) is 34.5. The third-order valence-electron chi connectivity index (χ3n) is 3.91. The van der Waals surface area contributed by atoms with Gasteiger partial charge in [0, 0.05) is 25.4 Å². The van der Waals surface area contributed by atoms with Gasteiger partial charge in [-0.15, -0.1) is 0 Å². The van der Waals surface area contributed by atoms with E-state index in [0.29, 0.717) is 6.04 Å². The van der Waals surface area contributed by atoms with Crippen LogP contribution >= 0.6 is 0 Å². The Morgan fingerprint density at radius 2 is 1.85 bits per heavy atom. The molecule has 0 aromatic heterocycles. The van der Waals surface area contributed by atoms with E-state index in [1.54, 1.807) is 20.8 Å². The van der Waals surface area contributed by atoms with Crippen molar-refractivity contribution in [3.05, 3.63) is 0 Å². The molecule has 0 saturated heterocycles. The van der Waals surface area contributed by atoms with Gasteiger partial charge in [0.15, 0.2) is 0 Å². The van der Waals surface area contributed by atoms with Crippen molar-refractivity contribution in [2.75, 3.05) is 6.54 Å². The molecular formula is C14H24N2O4. The fraction of sp³-hybridized carbons (Fsp3) is 0.786. The molecule has 0 radical (unpaired) electrons. The van der Waals surface area contributed by atoms with Crippen LogP contribution in [0.4, 0.5) is 0 Å². The first kappa shape index (κ1) is 16.5. The van der Waals surface area contributed by atoms with Crippen LogP contribution in [0.1, 0.15) is 46.5 Å². The summed E-state index contributed by atoms with van der Waals surface area (Å²) in [6.07, 6.45) is 2.21. The normalized spacial score (nSPS) is 17.4. The quantitative estimate of drug-likeness (QED) is 0.617. The molecular weight excluding hydrogens is 260 g/mol. The molecule has 1 saturated carbocycles. The van der Waals surface area contributed by atoms with Gasteiger partial charge >= 0.3 is 5.97 Å². The summed E-state index contributed by atoms with van der Waals surface area (Å²) in [5.74, 6) is -1.53. The number of rotatable bonds is 8. The van der Waals surface area contributed by atoms with E-state index >= 15 is 0 Å². The molecule has 1 atom stereocenters. The van der Waals surface area contributed by atoms with Crippen molar-refractivity contribution >= 4 is 17.8 Å². The highest BCUT2D eigenvalue weighted by Crippen LogP contribution is 2.31. The number of amides is 2. The Morgan fingerprint density at radius 3 is 2.30 bits per heavy atom. The zero-order valence-electron chi connectivity index (χ0n) is 12.4. The van der Waals surface area contributed by atoms with E-state index < -0.39 is 11.4 Å². The minimum Gasteiger partial charge on any atom is -0.481 e. The second-order valence-corrected chi connectivity index (χ2v) is 6.00. The highest BCUT2D eigenvalue weighted by atomic mass is 16.4. The molecule has 114 valence electrons. The number of carbonyl (C=O) groups excluding carboxylic acids is 2. The summed E-state index contributed by atoms with van der Waals surface area (Å²) >= 11 is 0. The topological polar surface area (TPSA) is 95.5 Å². The first-order chi connectivity index (χ1) is 9.25. The van der Waals surface area contributed by atoms with E-state index in [4.69, 9.17) is 0 Å². The molecule has 1 aliphatic rings. The van der Waals surface area contributed by atoms with E-state index in [9.17, 15) is 19.5 Å². The van der Waals surface area contributed by atoms with Gasteiger partial charge in [0.25, 0.3) is 0 Å². The first-order valence-electron chi connectivity index (χ1n) is 7.05. The molecule has 0 bridgehead atoms. The Labute approximate surface area is 119 Å². The standard InChI is InChI=1S/C14H24N2O4/c1-9(2)14(3,13(19)20)8-12(18)15-7-6-11(17)16-10-4-5-10/h9-10H,4-8H2,1-3H3,(H,15,18)(H,16,17)(H,19,20). The van der Waals surface area contributed by atoms with Crippen molar-refractivity contribution in [1.29, 1.82) is 0 Å². The minimum absolute atomic E-state index is 0.0716. The second kappa shape index (κ2) is 6.72. The van der Waals surface area contributed by atoms with E-state index in [1.807, 2.05) is 0 Å². The molecule has 2 amide bonds. The zero-order chi connectivity index (χ0) is 15.3. The molecule has 0 aromatic carbocycles. The maximum Gasteiger partial charge on any atom is 0.310 e. The zero-order valence-corrected chi connectivity index (χ0v) is 12.4. The number of hydrogen-bond donors (Lipinski definition) is 3. The van der Waals surface area contributed by atoms with Gasteiger partial charge in [-0.2, -0.15) is 0 Å². The predicted molar refractivity (Wildman–Crippen MR) is 74.0 cm³/mol. The first-order valence-corrected chi connectivity index (χ1v) is 7.05. The van der Waals surface area contributed by atoms with Crippen LogP contribution in [0.5, 0.6) is 0 Å². The van der Waals surface area contributed by atoms with Crippen LogP contribution in [0, 0.1) is 11.3 Å². The van der Waals surface area contributed by atoms with E-state index in [-0.39, 0.29) is 37.1 Å². The number of nitrogens with one attached hydrogen (secondary N) is 2. The van der Waals surface area contributed by atoms with Crippen LogP contribution in [-0.4, -0.2) is 35.5 Å². The molecule has 0 aromatic rings. The third-order valence-corrected chi connectivity index (χ3v) is 3.91. The molecule has 1 fully saturated rings. The Balaban J connectivity index is 2.31. The summed E-state index contributed by atoms with van der Waals surface area (Å²) in [5.41, 5.74) is -1.08. The van der Waals surface area contributed by atoms with Gasteiger partial charge < -0.3 is 15.7 Å². The van der Waals surface area contributed by atoms with Crippen LogP contribution < -0.4 is 10.6 Å². The van der Waals surface area contributed by atoms with Crippen LogP contribution in [0.25, 0.3) is 0 Å². The van der Waals surface area contributed by atoms with Crippen molar-refractivity contribution in [2.45, 2.75) is 52.5 Å². The molecule has 20 heavy (non-hydrogen) atoms. The van der Waals surface area contributed by atoms with Crippen LogP contribution in [0.2, 0.25) is 0 Å². The lowest BCUT2D eigenvalue weighted by Gasteiger charge is -2.28. The van der Waals surface area contributed by atoms with Crippen LogP contribution in [-0.2, 0) is 14.4 Å². The second-order valence-electron chi connectivity index (χ2n) is 6.00. The van der Waals surface area contributed by atoms with Gasteiger partial charge in [-0.3, -0.25) is 14.4 Å². The lowest BCUT2D eigenvalue weighted by molar-refractivity contribution is -0.153. The molecule has 0 spiro atoms. The van der Waals surface area contributed by atoms with E-state index in [2.05, 4.69) is 10.6 Å². The van der Waals surface area contributed by atoms with Crippen LogP contribution in [0.15, 0.2) is 0 Å². The van der Waals surface area contributed by atoms with Crippen molar-refractivity contribution in [3.63, 3.8) is 0 Å². The van der Waals surface area contributed by atoms with E-state index in [1.165, 1.54) is 0 Å². The average molecular weight is 284 g/mol. The fourth-order valence-corrected chi connectivity index (χ4v) is 1.77. The SMILES string of the molecule is CC(C)C(C)(CC(=O)NCCC(=O)NC1CC1)C(=O)O. The van der Waals surface area contributed by atoms with Crippen molar-refractivity contribution in [2.24, 2.45) is 11.3 Å². The van der Waals surface area contributed by atoms with Gasteiger partial charge in [-0.1, -0.05) is 13.8 Å². The minimum atomic E-state index is -1.08. The lowest BCUT2D eigenvalue weighted by Crippen LogP contribution is -2.40. The molecule has 0 heterocycles. The number of hydrogen-bond acceptors (Lipinski definition) is 3. The van der Waals surface area contributed by atoms with E-state index in [0.717, 1.165) is 12.8 Å². The fourth-order valence-electron chi connectivity index (χ4n) is 1.77. The lowest BCUT2D eigenvalue weighted by atomic mass is 9.76. The third kappa shape index (κ3) is 4.83. The Kier molecular flexibility index (Phi) is 5.53. The Morgan fingerprint density at radius 1 is 1.25 bits per heavy atom. The highest BCUT2D eigenvalue weighted by molar-refractivity contribution is 5.85. The summed E-state index contributed by atoms with van der Waals surface area (Å²) < 4.78 is 0. The molecule has 1 aliphatic carbocycles. The van der Waals surface area contributed by atoms with Gasteiger partial charge in [-0.05, 0) is 25.7 Å². The van der Waals surface area contributed by atoms with Gasteiger partial charge in [0.1, 0.15) is 0 Å². The van der Waals surface area contributed by atoms with Gasteiger partial charge in [0.2, 0.25) is 11.8 Å². The molecule has 3 N–H and O–H groups in total. The number of carboxylic acid groups (broad SMARTS) is 1. The maximum atomic E-state index is 11.8. The molecule has 6 nitrogen and oxygen atoms in total. The number of aliphatic carboxylic acids is 1. The molecule has 0 aliphatic heterocycles. The number of carboxylic acids is 1. The van der Waals surface area contributed by atoms with Crippen molar-refractivity contribution < 1.29 is 19.5 Å². The maximum absolute atomic E-state index is 11.8. The van der Waals surface area contributed by atoms with Gasteiger partial charge in [0.05, 0.1) is 5.41 Å².